The Labute approximate surface area is 171 Å². The number of nitrogens with zero attached hydrogens (tertiary/aromatic N) is 1. The highest BCUT2D eigenvalue weighted by molar-refractivity contribution is 7.13. The van der Waals surface area contributed by atoms with E-state index in [0.29, 0.717) is 16.3 Å². The highest BCUT2D eigenvalue weighted by Gasteiger charge is 2.43. The Morgan fingerprint density at radius 1 is 1.17 bits per heavy atom. The third kappa shape index (κ3) is 4.29. The molecular weight excluding hydrogens is 394 g/mol. The van der Waals surface area contributed by atoms with Crippen molar-refractivity contribution in [1.29, 1.82) is 0 Å². The number of hydrogen-bond acceptors (Lipinski definition) is 6. The minimum absolute atomic E-state index is 0.339. The van der Waals surface area contributed by atoms with Crippen LogP contribution in [-0.4, -0.2) is 42.4 Å². The summed E-state index contributed by atoms with van der Waals surface area (Å²) in [6.07, 6.45) is 0. The van der Waals surface area contributed by atoms with Crippen LogP contribution in [0.25, 0.3) is 0 Å². The molecule has 0 atom stereocenters. The fourth-order valence-electron chi connectivity index (χ4n) is 2.95. The van der Waals surface area contributed by atoms with Gasteiger partial charge in [-0.25, -0.2) is 0 Å². The molecule has 0 unspecified atom stereocenters. The Morgan fingerprint density at radius 2 is 1.90 bits per heavy atom. The van der Waals surface area contributed by atoms with Crippen LogP contribution in [0.3, 0.4) is 0 Å². The van der Waals surface area contributed by atoms with E-state index < -0.39 is 24.0 Å². The van der Waals surface area contributed by atoms with Gasteiger partial charge >= 0.3 is 5.97 Å². The monoisotopic (exact) mass is 415 g/mol. The molecule has 1 aromatic carbocycles. The maximum absolute atomic E-state index is 12.8. The van der Waals surface area contributed by atoms with Crippen molar-refractivity contribution in [3.8, 4) is 0 Å². The van der Waals surface area contributed by atoms with Crippen LogP contribution in [0.1, 0.15) is 28.4 Å². The van der Waals surface area contributed by atoms with Gasteiger partial charge in [0.25, 0.3) is 11.8 Å². The Morgan fingerprint density at radius 3 is 2.59 bits per heavy atom. The number of para-hydroxylation sites is 2. The molecule has 1 aromatic heterocycles. The summed E-state index contributed by atoms with van der Waals surface area (Å²) in [4.78, 5) is 51.9. The van der Waals surface area contributed by atoms with E-state index in [9.17, 15) is 19.2 Å². The van der Waals surface area contributed by atoms with Crippen LogP contribution in [0.4, 0.5) is 11.4 Å². The Balaban J connectivity index is 1.60. The number of carbonyl (C=O) groups excluding carboxylic acids is 4. The summed E-state index contributed by atoms with van der Waals surface area (Å²) in [6, 6.07) is 10.4. The number of hydrogen-bond donors (Lipinski definition) is 2. The van der Waals surface area contributed by atoms with Crippen LogP contribution in [0.5, 0.6) is 0 Å². The average Bonchev–Trinajstić information content (AvgIpc) is 3.11. The quantitative estimate of drug-likeness (QED) is 0.728. The zero-order chi connectivity index (χ0) is 21.2. The second-order valence-corrected chi connectivity index (χ2v) is 8.30. The minimum Gasteiger partial charge on any atom is -0.454 e. The van der Waals surface area contributed by atoms with E-state index >= 15 is 0 Å². The molecule has 152 valence electrons. The molecule has 9 heteroatoms. The van der Waals surface area contributed by atoms with Crippen molar-refractivity contribution in [1.82, 2.24) is 5.32 Å². The minimum atomic E-state index is -1.15. The van der Waals surface area contributed by atoms with Gasteiger partial charge in [-0.1, -0.05) is 12.1 Å². The number of anilines is 2. The van der Waals surface area contributed by atoms with E-state index in [0.717, 1.165) is 4.88 Å². The topological polar surface area (TPSA) is 105 Å². The van der Waals surface area contributed by atoms with Gasteiger partial charge in [-0.2, -0.15) is 0 Å². The van der Waals surface area contributed by atoms with Gasteiger partial charge in [0.1, 0.15) is 12.1 Å². The van der Waals surface area contributed by atoms with Crippen LogP contribution in [0.15, 0.2) is 36.4 Å². The lowest BCUT2D eigenvalue weighted by molar-refractivity contribution is -0.147. The van der Waals surface area contributed by atoms with E-state index in [2.05, 4.69) is 10.6 Å². The molecule has 29 heavy (non-hydrogen) atoms. The molecule has 0 fully saturated rings. The Bertz CT molecular complexity index is 982. The molecule has 0 saturated carbocycles. The summed E-state index contributed by atoms with van der Waals surface area (Å²) < 4.78 is 5.02. The highest BCUT2D eigenvalue weighted by atomic mass is 32.1. The standard InChI is InChI=1S/C20H21N3O5S/c1-12-8-9-15(29-12)18(26)21-10-17(25)28-11-16(24)23-14-7-5-4-6-13(14)22-19(27)20(23,2)3/h4-9H,10-11H2,1-3H3,(H,21,26)(H,22,27). The summed E-state index contributed by atoms with van der Waals surface area (Å²) in [5.74, 6) is -2.00. The van der Waals surface area contributed by atoms with Crippen molar-refractivity contribution in [3.63, 3.8) is 0 Å². The molecular formula is C20H21N3O5S. The first-order valence-corrected chi connectivity index (χ1v) is 9.75. The summed E-state index contributed by atoms with van der Waals surface area (Å²) in [6.45, 7) is 4.20. The number of benzene rings is 1. The lowest BCUT2D eigenvalue weighted by Gasteiger charge is -2.41. The van der Waals surface area contributed by atoms with Crippen molar-refractivity contribution < 1.29 is 23.9 Å². The predicted molar refractivity (Wildman–Crippen MR) is 109 cm³/mol. The number of rotatable bonds is 5. The number of ether oxygens (including phenoxy) is 1. The largest absolute Gasteiger partial charge is 0.454 e. The normalized spacial score (nSPS) is 14.6. The number of amides is 3. The summed E-state index contributed by atoms with van der Waals surface area (Å²) in [7, 11) is 0. The molecule has 0 spiro atoms. The molecule has 1 aliphatic rings. The van der Waals surface area contributed by atoms with Crippen molar-refractivity contribution in [2.45, 2.75) is 26.3 Å². The van der Waals surface area contributed by atoms with Crippen molar-refractivity contribution >= 4 is 46.4 Å². The van der Waals surface area contributed by atoms with Gasteiger partial charge in [-0.05, 0) is 45.0 Å². The van der Waals surface area contributed by atoms with Gasteiger partial charge in [0, 0.05) is 4.88 Å². The maximum Gasteiger partial charge on any atom is 0.325 e. The van der Waals surface area contributed by atoms with E-state index in [-0.39, 0.29) is 18.4 Å². The van der Waals surface area contributed by atoms with Crippen LogP contribution in [0, 0.1) is 6.92 Å². The molecule has 0 saturated heterocycles. The lowest BCUT2D eigenvalue weighted by Crippen LogP contribution is -2.59. The molecule has 8 nitrogen and oxygen atoms in total. The van der Waals surface area contributed by atoms with Gasteiger partial charge in [-0.15, -0.1) is 11.3 Å². The number of aryl methyl sites for hydroxylation is 1. The highest BCUT2D eigenvalue weighted by Crippen LogP contribution is 2.36. The van der Waals surface area contributed by atoms with Gasteiger partial charge in [-0.3, -0.25) is 24.1 Å². The molecule has 2 heterocycles. The third-order valence-electron chi connectivity index (χ3n) is 4.47. The number of nitrogens with one attached hydrogen (secondary N) is 2. The van der Waals surface area contributed by atoms with Gasteiger partial charge in [0.2, 0.25) is 5.91 Å². The summed E-state index contributed by atoms with van der Waals surface area (Å²) >= 11 is 1.32. The first-order valence-electron chi connectivity index (χ1n) is 8.94. The van der Waals surface area contributed by atoms with Crippen molar-refractivity contribution in [2.75, 3.05) is 23.4 Å². The fourth-order valence-corrected chi connectivity index (χ4v) is 3.74. The smallest absolute Gasteiger partial charge is 0.325 e. The van der Waals surface area contributed by atoms with Gasteiger partial charge in [0.05, 0.1) is 16.3 Å². The molecule has 3 amide bonds. The molecule has 1 aliphatic heterocycles. The van der Waals surface area contributed by atoms with Crippen LogP contribution in [0.2, 0.25) is 0 Å². The first-order chi connectivity index (χ1) is 13.7. The van der Waals surface area contributed by atoms with Gasteiger partial charge in [0.15, 0.2) is 6.61 Å². The number of carbonyl (C=O) groups is 4. The first kappa shape index (κ1) is 20.5. The summed E-state index contributed by atoms with van der Waals surface area (Å²) in [5, 5.41) is 5.23. The van der Waals surface area contributed by atoms with Crippen molar-refractivity contribution in [2.24, 2.45) is 0 Å². The molecule has 2 aromatic rings. The molecule has 0 aliphatic carbocycles. The van der Waals surface area contributed by atoms with Crippen LogP contribution >= 0.6 is 11.3 Å². The van der Waals surface area contributed by atoms with Crippen LogP contribution in [-0.2, 0) is 19.1 Å². The third-order valence-corrected chi connectivity index (χ3v) is 5.47. The Kier molecular flexibility index (Phi) is 5.69. The second kappa shape index (κ2) is 8.04. The number of fused-ring (bicyclic) bond motifs is 1. The SMILES string of the molecule is Cc1ccc(C(=O)NCC(=O)OCC(=O)N2c3ccccc3NC(=O)C2(C)C)s1. The zero-order valence-corrected chi connectivity index (χ0v) is 17.1. The zero-order valence-electron chi connectivity index (χ0n) is 16.3. The maximum atomic E-state index is 12.8. The molecule has 3 rings (SSSR count). The predicted octanol–water partition coefficient (Wildman–Crippen LogP) is 2.09. The van der Waals surface area contributed by atoms with E-state index in [4.69, 9.17) is 4.74 Å². The van der Waals surface area contributed by atoms with E-state index in [1.807, 2.05) is 13.0 Å². The molecule has 0 bridgehead atoms. The van der Waals surface area contributed by atoms with Gasteiger partial charge < -0.3 is 15.4 Å². The molecule has 2 N–H and O–H groups in total. The second-order valence-electron chi connectivity index (χ2n) is 7.01. The lowest BCUT2D eigenvalue weighted by atomic mass is 9.96. The van der Waals surface area contributed by atoms with E-state index in [1.54, 1.807) is 44.2 Å². The number of thiophene rings is 1. The average molecular weight is 415 g/mol. The molecule has 0 radical (unpaired) electrons. The number of esters is 1. The van der Waals surface area contributed by atoms with Crippen molar-refractivity contribution in [3.05, 3.63) is 46.2 Å². The fraction of sp³-hybridized carbons (Fsp3) is 0.300. The van der Waals surface area contributed by atoms with E-state index in [1.165, 1.54) is 16.2 Å². The summed E-state index contributed by atoms with van der Waals surface area (Å²) in [5.41, 5.74) is -0.113. The van der Waals surface area contributed by atoms with Crippen LogP contribution < -0.4 is 15.5 Å². The Hall–Kier alpha value is -3.20.